The molecule has 0 saturated carbocycles. The van der Waals surface area contributed by atoms with Gasteiger partial charge < -0.3 is 14.5 Å². The highest BCUT2D eigenvalue weighted by molar-refractivity contribution is 5.80. The predicted octanol–water partition coefficient (Wildman–Crippen LogP) is 2.55. The summed E-state index contributed by atoms with van der Waals surface area (Å²) in [6.45, 7) is 0.446. The first-order valence-corrected chi connectivity index (χ1v) is 10.0. The smallest absolute Gasteiger partial charge is 0.237 e. The van der Waals surface area contributed by atoms with Gasteiger partial charge in [0, 0.05) is 35.9 Å². The number of likely N-dealkylation sites (N-methyl/N-ethyl adjacent to an activating group) is 1. The molecule has 1 aromatic carbocycles. The van der Waals surface area contributed by atoms with Gasteiger partial charge in [-0.05, 0) is 51.2 Å². The Morgan fingerprint density at radius 3 is 2.76 bits per heavy atom. The number of ether oxygens (including phenoxy) is 1. The van der Waals surface area contributed by atoms with E-state index in [0.717, 1.165) is 47.5 Å². The maximum atomic E-state index is 12.8. The van der Waals surface area contributed by atoms with Crippen LogP contribution in [0.5, 0.6) is 5.75 Å². The summed E-state index contributed by atoms with van der Waals surface area (Å²) in [4.78, 5) is 21.5. The van der Waals surface area contributed by atoms with E-state index in [0.29, 0.717) is 6.54 Å². The van der Waals surface area contributed by atoms with Crippen molar-refractivity contribution in [2.75, 3.05) is 27.7 Å². The van der Waals surface area contributed by atoms with Crippen LogP contribution in [-0.2, 0) is 11.2 Å². The summed E-state index contributed by atoms with van der Waals surface area (Å²) in [7, 11) is 5.54. The summed E-state index contributed by atoms with van der Waals surface area (Å²) in [5, 5.41) is 4.87. The number of carbonyl (C=O) groups is 1. The Balaban J connectivity index is 1.53. The molecule has 4 heterocycles. The van der Waals surface area contributed by atoms with Crippen molar-refractivity contribution in [3.8, 4) is 17.0 Å². The zero-order chi connectivity index (χ0) is 20.1. The van der Waals surface area contributed by atoms with Gasteiger partial charge in [-0.15, -0.1) is 0 Å². The molecule has 3 aromatic rings. The van der Waals surface area contributed by atoms with E-state index in [9.17, 15) is 4.79 Å². The molecular formula is C22H25N5O2. The minimum atomic E-state index is 0.113. The van der Waals surface area contributed by atoms with Crippen molar-refractivity contribution in [1.82, 2.24) is 24.4 Å². The SMILES string of the molecule is COc1ccc(-c2cc3ncc4c(n3n2)CC2CCC4N2C(=O)CN(C)C)cc1. The topological polar surface area (TPSA) is 63.0 Å². The number of benzene rings is 1. The Morgan fingerprint density at radius 1 is 1.24 bits per heavy atom. The van der Waals surface area contributed by atoms with Crippen molar-refractivity contribution in [2.45, 2.75) is 31.3 Å². The van der Waals surface area contributed by atoms with Crippen LogP contribution in [0, 0.1) is 0 Å². The number of amides is 1. The van der Waals surface area contributed by atoms with E-state index in [1.54, 1.807) is 7.11 Å². The minimum absolute atomic E-state index is 0.113. The molecule has 2 unspecified atom stereocenters. The molecule has 2 aliphatic rings. The van der Waals surface area contributed by atoms with Gasteiger partial charge in [-0.1, -0.05) is 0 Å². The number of methoxy groups -OCH3 is 1. The Labute approximate surface area is 169 Å². The van der Waals surface area contributed by atoms with Crippen LogP contribution in [0.1, 0.15) is 30.1 Å². The Hall–Kier alpha value is -2.93. The first-order valence-electron chi connectivity index (χ1n) is 10.0. The van der Waals surface area contributed by atoms with Crippen molar-refractivity contribution in [1.29, 1.82) is 0 Å². The minimum Gasteiger partial charge on any atom is -0.497 e. The number of carbonyl (C=O) groups excluding carboxylic acids is 1. The average molecular weight is 391 g/mol. The summed E-state index contributed by atoms with van der Waals surface area (Å²) in [6.07, 6.45) is 4.81. The Bertz CT molecular complexity index is 1070. The summed E-state index contributed by atoms with van der Waals surface area (Å²) in [5.74, 6) is 1.03. The van der Waals surface area contributed by atoms with Crippen LogP contribution in [0.2, 0.25) is 0 Å². The third kappa shape index (κ3) is 2.97. The summed E-state index contributed by atoms with van der Waals surface area (Å²) in [5.41, 5.74) is 5.11. The molecule has 2 atom stereocenters. The zero-order valence-electron chi connectivity index (χ0n) is 17.0. The first kappa shape index (κ1) is 18.1. The molecule has 7 nitrogen and oxygen atoms in total. The molecule has 1 amide bonds. The lowest BCUT2D eigenvalue weighted by atomic mass is 9.99. The lowest BCUT2D eigenvalue weighted by Crippen LogP contribution is -2.46. The van der Waals surface area contributed by atoms with Crippen LogP contribution in [0.25, 0.3) is 16.9 Å². The molecular weight excluding hydrogens is 366 g/mol. The highest BCUT2D eigenvalue weighted by Gasteiger charge is 2.43. The Kier molecular flexibility index (Phi) is 4.28. The molecule has 2 aliphatic heterocycles. The second-order valence-electron chi connectivity index (χ2n) is 8.18. The second kappa shape index (κ2) is 6.84. The van der Waals surface area contributed by atoms with Gasteiger partial charge in [-0.2, -0.15) is 5.10 Å². The molecule has 150 valence electrons. The quantitative estimate of drug-likeness (QED) is 0.684. The van der Waals surface area contributed by atoms with Gasteiger partial charge in [0.2, 0.25) is 5.91 Å². The van der Waals surface area contributed by atoms with Gasteiger partial charge in [0.25, 0.3) is 0 Å². The van der Waals surface area contributed by atoms with Gasteiger partial charge in [0.1, 0.15) is 5.75 Å². The van der Waals surface area contributed by atoms with Gasteiger partial charge in [-0.3, -0.25) is 4.79 Å². The van der Waals surface area contributed by atoms with Crippen molar-refractivity contribution >= 4 is 11.6 Å². The van der Waals surface area contributed by atoms with Crippen LogP contribution in [0.4, 0.5) is 0 Å². The number of aromatic nitrogens is 3. The molecule has 29 heavy (non-hydrogen) atoms. The fourth-order valence-electron chi connectivity index (χ4n) is 4.72. The fraction of sp³-hybridized carbons (Fsp3) is 0.409. The molecule has 0 aliphatic carbocycles. The molecule has 0 N–H and O–H groups in total. The summed E-state index contributed by atoms with van der Waals surface area (Å²) >= 11 is 0. The fourth-order valence-corrected chi connectivity index (χ4v) is 4.72. The maximum Gasteiger partial charge on any atom is 0.237 e. The third-order valence-electron chi connectivity index (χ3n) is 6.03. The van der Waals surface area contributed by atoms with E-state index in [-0.39, 0.29) is 18.0 Å². The zero-order valence-corrected chi connectivity index (χ0v) is 17.0. The predicted molar refractivity (Wildman–Crippen MR) is 110 cm³/mol. The first-order chi connectivity index (χ1) is 14.0. The normalized spacial score (nSPS) is 20.3. The number of rotatable bonds is 4. The van der Waals surface area contributed by atoms with Gasteiger partial charge in [-0.25, -0.2) is 9.50 Å². The van der Waals surface area contributed by atoms with Crippen LogP contribution in [0.15, 0.2) is 36.5 Å². The maximum absolute atomic E-state index is 12.8. The molecule has 0 spiro atoms. The number of hydrogen-bond acceptors (Lipinski definition) is 5. The molecule has 2 bridgehead atoms. The van der Waals surface area contributed by atoms with E-state index >= 15 is 0 Å². The van der Waals surface area contributed by atoms with Crippen molar-refractivity contribution in [2.24, 2.45) is 0 Å². The average Bonchev–Trinajstić information content (AvgIpc) is 3.28. The van der Waals surface area contributed by atoms with E-state index in [2.05, 4.69) is 9.88 Å². The van der Waals surface area contributed by atoms with E-state index < -0.39 is 0 Å². The van der Waals surface area contributed by atoms with E-state index in [1.807, 2.05) is 60.0 Å². The highest BCUT2D eigenvalue weighted by atomic mass is 16.5. The molecule has 5 rings (SSSR count). The highest BCUT2D eigenvalue weighted by Crippen LogP contribution is 2.43. The lowest BCUT2D eigenvalue weighted by molar-refractivity contribution is -0.135. The molecule has 1 fully saturated rings. The van der Waals surface area contributed by atoms with E-state index in [4.69, 9.17) is 9.84 Å². The molecule has 1 saturated heterocycles. The lowest BCUT2D eigenvalue weighted by Gasteiger charge is -2.36. The molecule has 0 radical (unpaired) electrons. The van der Waals surface area contributed by atoms with Crippen LogP contribution >= 0.6 is 0 Å². The molecule has 7 heteroatoms. The van der Waals surface area contributed by atoms with Crippen LogP contribution in [0.3, 0.4) is 0 Å². The van der Waals surface area contributed by atoms with E-state index in [1.165, 1.54) is 5.69 Å². The summed E-state index contributed by atoms with van der Waals surface area (Å²) in [6, 6.07) is 10.3. The van der Waals surface area contributed by atoms with Crippen molar-refractivity contribution < 1.29 is 9.53 Å². The van der Waals surface area contributed by atoms with Crippen molar-refractivity contribution in [3.05, 3.63) is 47.8 Å². The van der Waals surface area contributed by atoms with Crippen LogP contribution < -0.4 is 4.74 Å². The largest absolute Gasteiger partial charge is 0.497 e. The third-order valence-corrected chi connectivity index (χ3v) is 6.03. The van der Waals surface area contributed by atoms with Crippen molar-refractivity contribution in [3.63, 3.8) is 0 Å². The van der Waals surface area contributed by atoms with Gasteiger partial charge in [0.05, 0.1) is 31.1 Å². The Morgan fingerprint density at radius 2 is 2.03 bits per heavy atom. The monoisotopic (exact) mass is 391 g/mol. The summed E-state index contributed by atoms with van der Waals surface area (Å²) < 4.78 is 7.23. The molecule has 2 aromatic heterocycles. The standard InChI is InChI=1S/C22H25N5O2/c1-25(2)13-22(28)26-15-6-9-19(26)17-12-23-21-11-18(24-27(21)20(17)10-15)14-4-7-16(29-3)8-5-14/h4-5,7-8,11-12,15,19H,6,9-10,13H2,1-3H3. The number of nitrogens with zero attached hydrogens (tertiary/aromatic N) is 5. The van der Waals surface area contributed by atoms with Gasteiger partial charge >= 0.3 is 0 Å². The number of hydrogen-bond donors (Lipinski definition) is 0. The number of fused-ring (bicyclic) bond motifs is 6. The van der Waals surface area contributed by atoms with Crippen LogP contribution in [-0.4, -0.2) is 64.1 Å². The van der Waals surface area contributed by atoms with Gasteiger partial charge in [0.15, 0.2) is 5.65 Å². The second-order valence-corrected chi connectivity index (χ2v) is 8.18.